The maximum absolute atomic E-state index is 10.7. The van der Waals surface area contributed by atoms with E-state index in [1.165, 1.54) is 0 Å². The van der Waals surface area contributed by atoms with Crippen molar-refractivity contribution in [2.75, 3.05) is 0 Å². The van der Waals surface area contributed by atoms with Crippen molar-refractivity contribution in [2.45, 2.75) is 38.9 Å². The highest BCUT2D eigenvalue weighted by atomic mass is 32.2. The molecule has 1 rings (SSSR count). The Kier molecular flexibility index (Phi) is 3.63. The third kappa shape index (κ3) is 2.98. The van der Waals surface area contributed by atoms with E-state index in [4.69, 9.17) is 0 Å². The van der Waals surface area contributed by atoms with E-state index in [-0.39, 0.29) is 16.9 Å². The molecule has 0 bridgehead atoms. The van der Waals surface area contributed by atoms with Crippen molar-refractivity contribution < 1.29 is 13.5 Å². The number of aromatic hydroxyl groups is 1. The van der Waals surface area contributed by atoms with Gasteiger partial charge in [-0.3, -0.25) is 0 Å². The fraction of sp³-hybridized carbons (Fsp3) is 0.500. The van der Waals surface area contributed by atoms with Crippen LogP contribution in [-0.4, -0.2) is 13.5 Å². The first-order valence-electron chi connectivity index (χ1n) is 5.16. The van der Waals surface area contributed by atoms with Crippen LogP contribution in [0.5, 0.6) is 5.75 Å². The molecular formula is C12H18O3S. The Morgan fingerprint density at radius 1 is 1.25 bits per heavy atom. The van der Waals surface area contributed by atoms with Crippen LogP contribution in [0.15, 0.2) is 12.1 Å². The molecule has 0 unspecified atom stereocenters. The Labute approximate surface area is 98.1 Å². The van der Waals surface area contributed by atoms with Crippen molar-refractivity contribution in [3.05, 3.63) is 28.8 Å². The van der Waals surface area contributed by atoms with Crippen LogP contribution < -0.4 is 0 Å². The zero-order valence-electron chi connectivity index (χ0n) is 10.1. The van der Waals surface area contributed by atoms with Gasteiger partial charge in [0.15, 0.2) is 0 Å². The summed E-state index contributed by atoms with van der Waals surface area (Å²) in [5.74, 6) is 0.264. The lowest BCUT2D eigenvalue weighted by Gasteiger charge is -2.22. The van der Waals surface area contributed by atoms with Gasteiger partial charge in [-0.15, -0.1) is 0 Å². The zero-order chi connectivity index (χ0) is 12.5. The van der Waals surface area contributed by atoms with Gasteiger partial charge in [-0.2, -0.15) is 0 Å². The van der Waals surface area contributed by atoms with Gasteiger partial charge < -0.3 is 5.11 Å². The molecule has 0 aliphatic rings. The number of phenols is 1. The van der Waals surface area contributed by atoms with E-state index in [9.17, 15) is 13.5 Å². The van der Waals surface area contributed by atoms with Crippen LogP contribution in [0, 0.1) is 6.92 Å². The molecule has 0 heterocycles. The summed E-state index contributed by atoms with van der Waals surface area (Å²) in [4.78, 5) is 0. The Bertz CT molecular complexity index is 460. The highest BCUT2D eigenvalue weighted by molar-refractivity contribution is 7.71. The van der Waals surface area contributed by atoms with Crippen LogP contribution in [0.1, 0.15) is 37.5 Å². The Hall–Kier alpha value is -1.03. The van der Waals surface area contributed by atoms with Gasteiger partial charge in [0.05, 0.1) is 5.75 Å². The molecule has 1 aromatic carbocycles. The van der Waals surface area contributed by atoms with E-state index >= 15 is 0 Å². The molecule has 0 saturated carbocycles. The lowest BCUT2D eigenvalue weighted by atomic mass is 9.84. The fourth-order valence-corrected chi connectivity index (χ4v) is 2.27. The van der Waals surface area contributed by atoms with Crippen LogP contribution in [0.4, 0.5) is 0 Å². The van der Waals surface area contributed by atoms with Crippen molar-refractivity contribution >= 4 is 10.7 Å². The molecule has 1 N–H and O–H groups in total. The second-order valence-electron chi connectivity index (χ2n) is 5.04. The second kappa shape index (κ2) is 4.45. The number of thiol groups is 1. The molecule has 0 saturated heterocycles. The molecule has 0 spiro atoms. The predicted molar refractivity (Wildman–Crippen MR) is 65.6 cm³/mol. The SMILES string of the molecule is Cc1cc(O)c(C(C)(C)C)cc1C[SH](=O)=O. The van der Waals surface area contributed by atoms with E-state index in [1.54, 1.807) is 19.1 Å². The third-order valence-corrected chi connectivity index (χ3v) is 3.16. The van der Waals surface area contributed by atoms with Gasteiger partial charge >= 0.3 is 0 Å². The first-order chi connectivity index (χ1) is 7.21. The number of aryl methyl sites for hydroxylation is 1. The zero-order valence-corrected chi connectivity index (χ0v) is 11.0. The summed E-state index contributed by atoms with van der Waals surface area (Å²) in [5, 5.41) is 9.83. The van der Waals surface area contributed by atoms with Crippen molar-refractivity contribution in [2.24, 2.45) is 0 Å². The summed E-state index contributed by atoms with van der Waals surface area (Å²) in [7, 11) is -2.43. The second-order valence-corrected chi connectivity index (χ2v) is 6.02. The molecule has 90 valence electrons. The van der Waals surface area contributed by atoms with Gasteiger partial charge in [-0.1, -0.05) is 26.8 Å². The summed E-state index contributed by atoms with van der Waals surface area (Å²) in [6.07, 6.45) is 0. The summed E-state index contributed by atoms with van der Waals surface area (Å²) in [6, 6.07) is 3.42. The number of hydrogen-bond acceptors (Lipinski definition) is 3. The van der Waals surface area contributed by atoms with Gasteiger partial charge in [0.1, 0.15) is 16.5 Å². The van der Waals surface area contributed by atoms with Crippen LogP contribution >= 0.6 is 0 Å². The fourth-order valence-electron chi connectivity index (χ4n) is 1.65. The van der Waals surface area contributed by atoms with Crippen LogP contribution in [-0.2, 0) is 21.9 Å². The minimum Gasteiger partial charge on any atom is -0.508 e. The molecule has 1 aromatic rings. The maximum atomic E-state index is 10.7. The number of rotatable bonds is 2. The minimum absolute atomic E-state index is 0.0323. The third-order valence-electron chi connectivity index (χ3n) is 2.56. The Morgan fingerprint density at radius 3 is 2.25 bits per heavy atom. The molecule has 4 heteroatoms. The van der Waals surface area contributed by atoms with Crippen molar-refractivity contribution in [1.29, 1.82) is 0 Å². The van der Waals surface area contributed by atoms with E-state index in [0.29, 0.717) is 0 Å². The normalized spacial score (nSPS) is 12.1. The monoisotopic (exact) mass is 242 g/mol. The average Bonchev–Trinajstić information content (AvgIpc) is 2.06. The van der Waals surface area contributed by atoms with Gasteiger partial charge in [0.25, 0.3) is 0 Å². The summed E-state index contributed by atoms with van der Waals surface area (Å²) < 4.78 is 21.5. The van der Waals surface area contributed by atoms with E-state index in [2.05, 4.69) is 0 Å². The molecule has 0 radical (unpaired) electrons. The average molecular weight is 242 g/mol. The molecule has 0 atom stereocenters. The first-order valence-corrected chi connectivity index (χ1v) is 6.53. The molecule has 0 amide bonds. The highest BCUT2D eigenvalue weighted by Crippen LogP contribution is 2.32. The predicted octanol–water partition coefficient (Wildman–Crippen LogP) is 2.11. The van der Waals surface area contributed by atoms with Crippen molar-refractivity contribution in [3.63, 3.8) is 0 Å². The number of hydrogen-bond donors (Lipinski definition) is 2. The standard InChI is InChI=1S/C12H18O3S/c1-8-5-11(13)10(12(2,3)4)6-9(8)7-16(14)15/h5-6,13,16H,7H2,1-4H3. The number of phenolic OH excluding ortho intramolecular Hbond substituents is 1. The molecular weight excluding hydrogens is 224 g/mol. The lowest BCUT2D eigenvalue weighted by Crippen LogP contribution is -2.12. The van der Waals surface area contributed by atoms with E-state index in [1.807, 2.05) is 20.8 Å². The molecule has 0 aliphatic carbocycles. The van der Waals surface area contributed by atoms with Crippen LogP contribution in [0.2, 0.25) is 0 Å². The summed E-state index contributed by atoms with van der Waals surface area (Å²) in [5.41, 5.74) is 2.16. The lowest BCUT2D eigenvalue weighted by molar-refractivity contribution is 0.446. The van der Waals surface area contributed by atoms with E-state index < -0.39 is 10.7 Å². The highest BCUT2D eigenvalue weighted by Gasteiger charge is 2.19. The number of benzene rings is 1. The molecule has 0 aliphatic heterocycles. The molecule has 16 heavy (non-hydrogen) atoms. The smallest absolute Gasteiger partial charge is 0.144 e. The van der Waals surface area contributed by atoms with Crippen LogP contribution in [0.25, 0.3) is 0 Å². The summed E-state index contributed by atoms with van der Waals surface area (Å²) in [6.45, 7) is 7.76. The Morgan fingerprint density at radius 2 is 1.81 bits per heavy atom. The molecule has 0 fully saturated rings. The van der Waals surface area contributed by atoms with Crippen molar-refractivity contribution in [3.8, 4) is 5.75 Å². The first kappa shape index (κ1) is 13.0. The largest absolute Gasteiger partial charge is 0.508 e. The maximum Gasteiger partial charge on any atom is 0.144 e. The van der Waals surface area contributed by atoms with Gasteiger partial charge in [0.2, 0.25) is 0 Å². The quantitative estimate of drug-likeness (QED) is 0.781. The van der Waals surface area contributed by atoms with Gasteiger partial charge in [-0.05, 0) is 35.1 Å². The van der Waals surface area contributed by atoms with E-state index in [0.717, 1.165) is 16.7 Å². The Balaban J connectivity index is 3.32. The van der Waals surface area contributed by atoms with Crippen molar-refractivity contribution in [1.82, 2.24) is 0 Å². The molecule has 0 aromatic heterocycles. The van der Waals surface area contributed by atoms with Gasteiger partial charge in [0, 0.05) is 0 Å². The van der Waals surface area contributed by atoms with Crippen LogP contribution in [0.3, 0.4) is 0 Å². The summed E-state index contributed by atoms with van der Waals surface area (Å²) >= 11 is 0. The van der Waals surface area contributed by atoms with Gasteiger partial charge in [-0.25, -0.2) is 8.42 Å². The minimum atomic E-state index is -2.43. The topological polar surface area (TPSA) is 54.4 Å². The molecule has 3 nitrogen and oxygen atoms in total.